The SMILES string of the molecule is O=C(O)c1ccc(CN=Cc2ccc(O)c(I)c2)cc1. The molecule has 0 aromatic heterocycles. The first kappa shape index (κ1) is 14.5. The molecule has 2 aromatic rings. The van der Waals surface area contributed by atoms with Crippen LogP contribution in [-0.2, 0) is 6.54 Å². The van der Waals surface area contributed by atoms with Gasteiger partial charge in [0.2, 0.25) is 0 Å². The number of carboxylic acids is 1. The zero-order valence-electron chi connectivity index (χ0n) is 10.5. The molecule has 0 heterocycles. The molecule has 0 radical (unpaired) electrons. The molecule has 0 spiro atoms. The summed E-state index contributed by atoms with van der Waals surface area (Å²) in [7, 11) is 0. The topological polar surface area (TPSA) is 69.9 Å². The van der Waals surface area contributed by atoms with Crippen molar-refractivity contribution in [2.45, 2.75) is 6.54 Å². The Labute approximate surface area is 129 Å². The number of aliphatic imine (C=N–C) groups is 1. The lowest BCUT2D eigenvalue weighted by Crippen LogP contribution is -1.95. The van der Waals surface area contributed by atoms with Gasteiger partial charge in [-0.25, -0.2) is 4.79 Å². The number of aromatic hydroxyl groups is 1. The van der Waals surface area contributed by atoms with Crippen molar-refractivity contribution in [1.82, 2.24) is 0 Å². The molecule has 0 saturated carbocycles. The van der Waals surface area contributed by atoms with Crippen molar-refractivity contribution in [2.24, 2.45) is 4.99 Å². The zero-order chi connectivity index (χ0) is 14.5. The van der Waals surface area contributed by atoms with Crippen molar-refractivity contribution in [3.05, 3.63) is 62.7 Å². The van der Waals surface area contributed by atoms with Crippen molar-refractivity contribution in [3.8, 4) is 5.75 Å². The fourth-order valence-corrected chi connectivity index (χ4v) is 2.15. The lowest BCUT2D eigenvalue weighted by molar-refractivity contribution is 0.0697. The summed E-state index contributed by atoms with van der Waals surface area (Å²) in [4.78, 5) is 15.0. The van der Waals surface area contributed by atoms with Crippen LogP contribution in [0.2, 0.25) is 0 Å². The first-order valence-electron chi connectivity index (χ1n) is 5.87. The Kier molecular flexibility index (Phi) is 4.73. The first-order valence-corrected chi connectivity index (χ1v) is 6.95. The summed E-state index contributed by atoms with van der Waals surface area (Å²) in [6, 6.07) is 11.9. The van der Waals surface area contributed by atoms with Gasteiger partial charge in [-0.05, 0) is 64.0 Å². The lowest BCUT2D eigenvalue weighted by atomic mass is 10.1. The van der Waals surface area contributed by atoms with Gasteiger partial charge in [-0.15, -0.1) is 0 Å². The number of phenolic OH excluding ortho intramolecular Hbond substituents is 1. The maximum absolute atomic E-state index is 10.7. The van der Waals surface area contributed by atoms with Crippen LogP contribution in [0, 0.1) is 3.57 Å². The van der Waals surface area contributed by atoms with E-state index in [2.05, 4.69) is 27.6 Å². The van der Waals surface area contributed by atoms with Crippen LogP contribution >= 0.6 is 22.6 Å². The van der Waals surface area contributed by atoms with Crippen molar-refractivity contribution in [2.75, 3.05) is 0 Å². The van der Waals surface area contributed by atoms with Crippen LogP contribution in [0.3, 0.4) is 0 Å². The van der Waals surface area contributed by atoms with Gasteiger partial charge in [-0.2, -0.15) is 0 Å². The molecule has 0 bridgehead atoms. The van der Waals surface area contributed by atoms with Gasteiger partial charge in [-0.1, -0.05) is 12.1 Å². The van der Waals surface area contributed by atoms with Crippen LogP contribution in [0.25, 0.3) is 0 Å². The molecule has 0 fully saturated rings. The minimum absolute atomic E-state index is 0.256. The molecule has 0 aliphatic carbocycles. The van der Waals surface area contributed by atoms with E-state index in [9.17, 15) is 9.90 Å². The Morgan fingerprint density at radius 2 is 1.90 bits per heavy atom. The quantitative estimate of drug-likeness (QED) is 0.631. The second kappa shape index (κ2) is 6.51. The van der Waals surface area contributed by atoms with Gasteiger partial charge >= 0.3 is 5.97 Å². The number of phenols is 1. The highest BCUT2D eigenvalue weighted by atomic mass is 127. The summed E-state index contributed by atoms with van der Waals surface area (Å²) in [6.07, 6.45) is 1.73. The van der Waals surface area contributed by atoms with E-state index in [0.717, 1.165) is 14.7 Å². The van der Waals surface area contributed by atoms with E-state index >= 15 is 0 Å². The summed E-state index contributed by atoms with van der Waals surface area (Å²) >= 11 is 2.06. The molecular weight excluding hydrogens is 369 g/mol. The van der Waals surface area contributed by atoms with E-state index in [1.807, 2.05) is 6.07 Å². The predicted octanol–water partition coefficient (Wildman–Crippen LogP) is 3.31. The average Bonchev–Trinajstić information content (AvgIpc) is 2.43. The number of benzene rings is 2. The van der Waals surface area contributed by atoms with Gasteiger partial charge in [0.05, 0.1) is 15.7 Å². The summed E-state index contributed by atoms with van der Waals surface area (Å²) in [5, 5.41) is 18.2. The molecule has 20 heavy (non-hydrogen) atoms. The number of hydrogen-bond donors (Lipinski definition) is 2. The Morgan fingerprint density at radius 1 is 1.20 bits per heavy atom. The van der Waals surface area contributed by atoms with E-state index in [-0.39, 0.29) is 11.3 Å². The minimum atomic E-state index is -0.932. The highest BCUT2D eigenvalue weighted by Crippen LogP contribution is 2.19. The molecule has 102 valence electrons. The second-order valence-corrected chi connectivity index (χ2v) is 5.34. The third kappa shape index (κ3) is 3.80. The number of aromatic carboxylic acids is 1. The van der Waals surface area contributed by atoms with E-state index in [1.165, 1.54) is 0 Å². The molecule has 0 aliphatic rings. The van der Waals surface area contributed by atoms with Crippen molar-refractivity contribution in [3.63, 3.8) is 0 Å². The summed E-state index contributed by atoms with van der Waals surface area (Å²) in [5.74, 6) is -0.675. The Balaban J connectivity index is 2.02. The van der Waals surface area contributed by atoms with Crippen LogP contribution in [0.15, 0.2) is 47.5 Å². The number of nitrogens with zero attached hydrogens (tertiary/aromatic N) is 1. The molecule has 2 aromatic carbocycles. The van der Waals surface area contributed by atoms with Crippen LogP contribution in [0.5, 0.6) is 5.75 Å². The van der Waals surface area contributed by atoms with Gasteiger partial charge in [0.25, 0.3) is 0 Å². The smallest absolute Gasteiger partial charge is 0.335 e. The highest BCUT2D eigenvalue weighted by Gasteiger charge is 2.01. The number of hydrogen-bond acceptors (Lipinski definition) is 3. The average molecular weight is 381 g/mol. The van der Waals surface area contributed by atoms with E-state index in [0.29, 0.717) is 6.54 Å². The second-order valence-electron chi connectivity index (χ2n) is 4.18. The minimum Gasteiger partial charge on any atom is -0.507 e. The molecule has 2 rings (SSSR count). The predicted molar refractivity (Wildman–Crippen MR) is 85.5 cm³/mol. The fraction of sp³-hybridized carbons (Fsp3) is 0.0667. The standard InChI is InChI=1S/C15H12INO3/c16-13-7-11(3-6-14(13)18)9-17-8-10-1-4-12(5-2-10)15(19)20/h1-7,9,18H,8H2,(H,19,20). The lowest BCUT2D eigenvalue weighted by Gasteiger charge is -1.99. The number of carboxylic acid groups (broad SMARTS) is 1. The Bertz CT molecular complexity index is 651. The zero-order valence-corrected chi connectivity index (χ0v) is 12.6. The van der Waals surface area contributed by atoms with Gasteiger partial charge < -0.3 is 10.2 Å². The van der Waals surface area contributed by atoms with Gasteiger partial charge in [-0.3, -0.25) is 4.99 Å². The Hall–Kier alpha value is -1.89. The first-order chi connectivity index (χ1) is 9.56. The maximum atomic E-state index is 10.7. The highest BCUT2D eigenvalue weighted by molar-refractivity contribution is 14.1. The number of halogens is 1. The van der Waals surface area contributed by atoms with Gasteiger partial charge in [0, 0.05) is 6.21 Å². The van der Waals surface area contributed by atoms with Crippen LogP contribution in [0.1, 0.15) is 21.5 Å². The normalized spacial score (nSPS) is 10.8. The maximum Gasteiger partial charge on any atom is 0.335 e. The van der Waals surface area contributed by atoms with E-state index in [1.54, 1.807) is 42.6 Å². The monoisotopic (exact) mass is 381 g/mol. The summed E-state index contributed by atoms with van der Waals surface area (Å²) in [5.41, 5.74) is 2.12. The van der Waals surface area contributed by atoms with Crippen LogP contribution < -0.4 is 0 Å². The molecular formula is C15H12INO3. The van der Waals surface area contributed by atoms with Crippen molar-refractivity contribution >= 4 is 34.8 Å². The number of carbonyl (C=O) groups is 1. The summed E-state index contributed by atoms with van der Waals surface area (Å²) in [6.45, 7) is 0.483. The fourth-order valence-electron chi connectivity index (χ4n) is 1.61. The van der Waals surface area contributed by atoms with Crippen molar-refractivity contribution in [1.29, 1.82) is 0 Å². The molecule has 4 nitrogen and oxygen atoms in total. The molecule has 0 amide bonds. The van der Waals surface area contributed by atoms with Crippen LogP contribution in [-0.4, -0.2) is 22.4 Å². The molecule has 5 heteroatoms. The third-order valence-electron chi connectivity index (χ3n) is 2.69. The largest absolute Gasteiger partial charge is 0.507 e. The summed E-state index contributed by atoms with van der Waals surface area (Å²) < 4.78 is 0.775. The molecule has 2 N–H and O–H groups in total. The Morgan fingerprint density at radius 3 is 2.50 bits per heavy atom. The van der Waals surface area contributed by atoms with Gasteiger partial charge in [0.1, 0.15) is 5.75 Å². The third-order valence-corrected chi connectivity index (χ3v) is 3.55. The number of rotatable bonds is 4. The van der Waals surface area contributed by atoms with Crippen LogP contribution in [0.4, 0.5) is 0 Å². The molecule has 0 aliphatic heterocycles. The van der Waals surface area contributed by atoms with E-state index < -0.39 is 5.97 Å². The van der Waals surface area contributed by atoms with Crippen molar-refractivity contribution < 1.29 is 15.0 Å². The van der Waals surface area contributed by atoms with E-state index in [4.69, 9.17) is 5.11 Å². The molecule has 0 saturated heterocycles. The van der Waals surface area contributed by atoms with Gasteiger partial charge in [0.15, 0.2) is 0 Å². The molecule has 0 atom stereocenters. The molecule has 0 unspecified atom stereocenters.